The van der Waals surface area contributed by atoms with E-state index in [2.05, 4.69) is 18.3 Å². The second-order valence-electron chi connectivity index (χ2n) is 4.72. The molecule has 1 aromatic carbocycles. The van der Waals surface area contributed by atoms with Gasteiger partial charge in [0, 0.05) is 25.1 Å². The highest BCUT2D eigenvalue weighted by Gasteiger charge is 2.22. The van der Waals surface area contributed by atoms with Crippen LogP contribution >= 0.6 is 0 Å². The van der Waals surface area contributed by atoms with Gasteiger partial charge in [0.05, 0.1) is 25.9 Å². The Morgan fingerprint density at radius 2 is 2.06 bits per heavy atom. The summed E-state index contributed by atoms with van der Waals surface area (Å²) < 4.78 is 17.3. The Kier molecular flexibility index (Phi) is 3.39. The molecule has 0 spiro atoms. The molecule has 0 aromatic heterocycles. The molecule has 1 aromatic rings. The molecule has 98 valence electrons. The second kappa shape index (κ2) is 5.16. The highest BCUT2D eigenvalue weighted by atomic mass is 16.5. The number of ether oxygens (including phenoxy) is 3. The summed E-state index contributed by atoms with van der Waals surface area (Å²) in [5, 5.41) is 3.36. The second-order valence-corrected chi connectivity index (χ2v) is 4.72. The first-order valence-corrected chi connectivity index (χ1v) is 6.57. The fraction of sp³-hybridized carbons (Fsp3) is 0.571. The largest absolute Gasteiger partial charge is 0.490 e. The zero-order valence-electron chi connectivity index (χ0n) is 10.7. The first-order valence-electron chi connectivity index (χ1n) is 6.57. The molecule has 1 saturated heterocycles. The summed E-state index contributed by atoms with van der Waals surface area (Å²) in [4.78, 5) is 0. The van der Waals surface area contributed by atoms with E-state index in [1.165, 1.54) is 5.56 Å². The quantitative estimate of drug-likeness (QED) is 0.824. The highest BCUT2D eigenvalue weighted by molar-refractivity contribution is 5.51. The Balaban J connectivity index is 1.93. The van der Waals surface area contributed by atoms with Crippen LogP contribution in [0.4, 0.5) is 0 Å². The maximum Gasteiger partial charge on any atom is 0.164 e. The van der Waals surface area contributed by atoms with Crippen LogP contribution in [0, 0.1) is 6.92 Å². The smallest absolute Gasteiger partial charge is 0.164 e. The zero-order chi connectivity index (χ0) is 12.4. The van der Waals surface area contributed by atoms with Gasteiger partial charge in [-0.15, -0.1) is 0 Å². The minimum atomic E-state index is 0.121. The van der Waals surface area contributed by atoms with Crippen molar-refractivity contribution in [2.24, 2.45) is 0 Å². The van der Waals surface area contributed by atoms with Gasteiger partial charge in [0.2, 0.25) is 0 Å². The van der Waals surface area contributed by atoms with Crippen LogP contribution in [-0.4, -0.2) is 32.9 Å². The van der Waals surface area contributed by atoms with Gasteiger partial charge in [0.25, 0.3) is 0 Å². The van der Waals surface area contributed by atoms with Crippen molar-refractivity contribution >= 4 is 0 Å². The van der Waals surface area contributed by atoms with Gasteiger partial charge in [-0.05, 0) is 18.6 Å². The van der Waals surface area contributed by atoms with Gasteiger partial charge >= 0.3 is 0 Å². The average molecular weight is 249 g/mol. The Bertz CT molecular complexity index is 427. The van der Waals surface area contributed by atoms with E-state index in [0.717, 1.165) is 56.4 Å². The molecule has 0 amide bonds. The third-order valence-electron chi connectivity index (χ3n) is 3.48. The molecule has 4 heteroatoms. The Hall–Kier alpha value is -1.26. The first-order chi connectivity index (χ1) is 8.86. The molecule has 1 fully saturated rings. The minimum absolute atomic E-state index is 0.121. The lowest BCUT2D eigenvalue weighted by molar-refractivity contribution is 0.0271. The molecule has 1 atom stereocenters. The fourth-order valence-corrected chi connectivity index (χ4v) is 2.50. The standard InChI is InChI=1S/C14H19NO3/c1-10-11(13-9-15-5-8-17-13)3-4-12-14(10)18-7-2-6-16-12/h3-4,13,15H,2,5-9H2,1H3. The molecular formula is C14H19NO3. The zero-order valence-corrected chi connectivity index (χ0v) is 10.7. The summed E-state index contributed by atoms with van der Waals surface area (Å²) in [5.41, 5.74) is 2.34. The maximum absolute atomic E-state index is 5.81. The molecule has 0 saturated carbocycles. The number of hydrogen-bond donors (Lipinski definition) is 1. The lowest BCUT2D eigenvalue weighted by Gasteiger charge is -2.26. The topological polar surface area (TPSA) is 39.7 Å². The van der Waals surface area contributed by atoms with Gasteiger partial charge < -0.3 is 19.5 Å². The van der Waals surface area contributed by atoms with Crippen LogP contribution in [0.2, 0.25) is 0 Å². The predicted octanol–water partition coefficient (Wildman–Crippen LogP) is 1.82. The van der Waals surface area contributed by atoms with Crippen molar-refractivity contribution in [3.05, 3.63) is 23.3 Å². The van der Waals surface area contributed by atoms with Crippen LogP contribution in [0.3, 0.4) is 0 Å². The van der Waals surface area contributed by atoms with E-state index < -0.39 is 0 Å². The van der Waals surface area contributed by atoms with Crippen molar-refractivity contribution in [1.29, 1.82) is 0 Å². The molecule has 3 rings (SSSR count). The van der Waals surface area contributed by atoms with Crippen LogP contribution in [0.5, 0.6) is 11.5 Å². The van der Waals surface area contributed by atoms with Crippen molar-refractivity contribution < 1.29 is 14.2 Å². The van der Waals surface area contributed by atoms with E-state index in [9.17, 15) is 0 Å². The van der Waals surface area contributed by atoms with E-state index in [1.54, 1.807) is 0 Å². The third kappa shape index (κ3) is 2.18. The average Bonchev–Trinajstić information content (AvgIpc) is 2.66. The predicted molar refractivity (Wildman–Crippen MR) is 68.3 cm³/mol. The number of fused-ring (bicyclic) bond motifs is 1. The molecule has 2 heterocycles. The minimum Gasteiger partial charge on any atom is -0.490 e. The van der Waals surface area contributed by atoms with Gasteiger partial charge in [-0.2, -0.15) is 0 Å². The van der Waals surface area contributed by atoms with E-state index in [0.29, 0.717) is 0 Å². The van der Waals surface area contributed by atoms with E-state index in [1.807, 2.05) is 6.07 Å². The van der Waals surface area contributed by atoms with Crippen molar-refractivity contribution in [1.82, 2.24) is 5.32 Å². The Morgan fingerprint density at radius 1 is 1.17 bits per heavy atom. The van der Waals surface area contributed by atoms with Gasteiger partial charge in [-0.25, -0.2) is 0 Å². The molecule has 0 bridgehead atoms. The normalized spacial score (nSPS) is 23.5. The van der Waals surface area contributed by atoms with E-state index in [4.69, 9.17) is 14.2 Å². The summed E-state index contributed by atoms with van der Waals surface area (Å²) in [6.45, 7) is 6.09. The van der Waals surface area contributed by atoms with Gasteiger partial charge in [-0.3, -0.25) is 0 Å². The number of hydrogen-bond acceptors (Lipinski definition) is 4. The summed E-state index contributed by atoms with van der Waals surface area (Å²) in [6.07, 6.45) is 1.06. The van der Waals surface area contributed by atoms with Gasteiger partial charge in [0.1, 0.15) is 0 Å². The van der Waals surface area contributed by atoms with Crippen LogP contribution in [0.1, 0.15) is 23.7 Å². The summed E-state index contributed by atoms with van der Waals surface area (Å²) in [5.74, 6) is 1.75. The molecule has 2 aliphatic heterocycles. The van der Waals surface area contributed by atoms with Crippen LogP contribution in [0.25, 0.3) is 0 Å². The summed E-state index contributed by atoms with van der Waals surface area (Å²) >= 11 is 0. The SMILES string of the molecule is Cc1c(C2CNCCO2)ccc2c1OCCCO2. The lowest BCUT2D eigenvalue weighted by atomic mass is 10.0. The molecular weight excluding hydrogens is 230 g/mol. The van der Waals surface area contributed by atoms with Crippen molar-refractivity contribution in [3.8, 4) is 11.5 Å². The Labute approximate surface area is 107 Å². The summed E-state index contributed by atoms with van der Waals surface area (Å²) in [6, 6.07) is 4.10. The summed E-state index contributed by atoms with van der Waals surface area (Å²) in [7, 11) is 0. The lowest BCUT2D eigenvalue weighted by Crippen LogP contribution is -2.33. The highest BCUT2D eigenvalue weighted by Crippen LogP contribution is 2.37. The van der Waals surface area contributed by atoms with E-state index >= 15 is 0 Å². The fourth-order valence-electron chi connectivity index (χ4n) is 2.50. The monoisotopic (exact) mass is 249 g/mol. The van der Waals surface area contributed by atoms with Crippen LogP contribution in [0.15, 0.2) is 12.1 Å². The van der Waals surface area contributed by atoms with Gasteiger partial charge in [0.15, 0.2) is 11.5 Å². The third-order valence-corrected chi connectivity index (χ3v) is 3.48. The van der Waals surface area contributed by atoms with Crippen molar-refractivity contribution in [3.63, 3.8) is 0 Å². The number of nitrogens with one attached hydrogen (secondary N) is 1. The van der Waals surface area contributed by atoms with Crippen molar-refractivity contribution in [2.45, 2.75) is 19.4 Å². The van der Waals surface area contributed by atoms with Gasteiger partial charge in [-0.1, -0.05) is 6.07 Å². The molecule has 0 radical (unpaired) electrons. The van der Waals surface area contributed by atoms with Crippen molar-refractivity contribution in [2.75, 3.05) is 32.9 Å². The molecule has 1 N–H and O–H groups in total. The first kappa shape index (κ1) is 11.8. The molecule has 1 unspecified atom stereocenters. The molecule has 0 aliphatic carbocycles. The molecule has 18 heavy (non-hydrogen) atoms. The van der Waals surface area contributed by atoms with Crippen LogP contribution in [-0.2, 0) is 4.74 Å². The Morgan fingerprint density at radius 3 is 2.89 bits per heavy atom. The number of benzene rings is 1. The number of rotatable bonds is 1. The number of morpholine rings is 1. The maximum atomic E-state index is 5.81. The molecule has 2 aliphatic rings. The van der Waals surface area contributed by atoms with E-state index in [-0.39, 0.29) is 6.10 Å². The molecule has 4 nitrogen and oxygen atoms in total. The van der Waals surface area contributed by atoms with Crippen LogP contribution < -0.4 is 14.8 Å².